The molecule has 6 nitrogen and oxygen atoms in total. The molecular formula is C51H30N4O2. The summed E-state index contributed by atoms with van der Waals surface area (Å²) >= 11 is 0. The average molecular weight is 731 g/mol. The van der Waals surface area contributed by atoms with E-state index in [1.54, 1.807) is 0 Å². The van der Waals surface area contributed by atoms with Crippen LogP contribution in [0, 0.1) is 0 Å². The van der Waals surface area contributed by atoms with Crippen molar-refractivity contribution in [2.24, 2.45) is 0 Å². The van der Waals surface area contributed by atoms with Gasteiger partial charge in [-0.25, -0.2) is 15.0 Å². The van der Waals surface area contributed by atoms with Crippen LogP contribution in [0.1, 0.15) is 0 Å². The van der Waals surface area contributed by atoms with Crippen LogP contribution in [-0.2, 0) is 0 Å². The van der Waals surface area contributed by atoms with Crippen molar-refractivity contribution in [2.45, 2.75) is 0 Å². The molecule has 4 heterocycles. The zero-order valence-corrected chi connectivity index (χ0v) is 30.4. The lowest BCUT2D eigenvalue weighted by atomic mass is 9.99. The van der Waals surface area contributed by atoms with Crippen molar-refractivity contribution in [2.75, 3.05) is 0 Å². The molecule has 0 aliphatic carbocycles. The minimum absolute atomic E-state index is 0.528. The van der Waals surface area contributed by atoms with Gasteiger partial charge in [0.25, 0.3) is 0 Å². The van der Waals surface area contributed by atoms with Crippen LogP contribution in [0.5, 0.6) is 0 Å². The molecule has 6 heteroatoms. The maximum atomic E-state index is 6.53. The molecule has 8 aromatic carbocycles. The molecule has 0 fully saturated rings. The molecular weight excluding hydrogens is 701 g/mol. The van der Waals surface area contributed by atoms with Gasteiger partial charge in [-0.15, -0.1) is 0 Å². The van der Waals surface area contributed by atoms with Gasteiger partial charge in [0.15, 0.2) is 17.5 Å². The average Bonchev–Trinajstić information content (AvgIpc) is 3.96. The number of aromatic nitrogens is 4. The van der Waals surface area contributed by atoms with Crippen LogP contribution in [0.2, 0.25) is 0 Å². The quantitative estimate of drug-likeness (QED) is 0.176. The van der Waals surface area contributed by atoms with E-state index in [1.165, 1.54) is 21.9 Å². The largest absolute Gasteiger partial charge is 0.456 e. The SMILES string of the molecule is c1ccc(-c2cccc3c2c2ccccc2n3-c2ccccc2-c2nc(-c3ccc4oc5ccccc5c4c3)nc(-c3cccc4c3oc3ccccc34)n2)cc1. The van der Waals surface area contributed by atoms with Crippen molar-refractivity contribution in [3.8, 4) is 51.0 Å². The van der Waals surface area contributed by atoms with Gasteiger partial charge in [-0.05, 0) is 71.8 Å². The fourth-order valence-corrected chi connectivity index (χ4v) is 8.53. The lowest BCUT2D eigenvalue weighted by molar-refractivity contribution is 0.669. The Kier molecular flexibility index (Phi) is 6.83. The van der Waals surface area contributed by atoms with Crippen molar-refractivity contribution in [3.05, 3.63) is 182 Å². The van der Waals surface area contributed by atoms with Crippen molar-refractivity contribution in [1.29, 1.82) is 0 Å². The van der Waals surface area contributed by atoms with Gasteiger partial charge in [-0.1, -0.05) is 121 Å². The summed E-state index contributed by atoms with van der Waals surface area (Å²) in [5.41, 5.74) is 11.3. The summed E-state index contributed by atoms with van der Waals surface area (Å²) < 4.78 is 15.1. The molecule has 0 unspecified atom stereocenters. The Balaban J connectivity index is 1.13. The van der Waals surface area contributed by atoms with Crippen LogP contribution in [0.3, 0.4) is 0 Å². The normalized spacial score (nSPS) is 11.9. The molecule has 0 bridgehead atoms. The van der Waals surface area contributed by atoms with Crippen LogP contribution < -0.4 is 0 Å². The summed E-state index contributed by atoms with van der Waals surface area (Å²) in [6, 6.07) is 62.7. The van der Waals surface area contributed by atoms with Crippen LogP contribution >= 0.6 is 0 Å². The highest BCUT2D eigenvalue weighted by molar-refractivity contribution is 6.16. The summed E-state index contributed by atoms with van der Waals surface area (Å²) in [7, 11) is 0. The van der Waals surface area contributed by atoms with Crippen molar-refractivity contribution < 1.29 is 8.83 Å². The third kappa shape index (κ3) is 4.87. The summed E-state index contributed by atoms with van der Waals surface area (Å²) in [5.74, 6) is 1.64. The number of fused-ring (bicyclic) bond motifs is 9. The van der Waals surface area contributed by atoms with Crippen molar-refractivity contribution in [1.82, 2.24) is 19.5 Å². The molecule has 0 saturated heterocycles. The van der Waals surface area contributed by atoms with Crippen LogP contribution in [0.15, 0.2) is 191 Å². The second-order valence-electron chi connectivity index (χ2n) is 14.3. The first-order chi connectivity index (χ1) is 28.3. The van der Waals surface area contributed by atoms with E-state index in [0.717, 1.165) is 77.3 Å². The molecule has 57 heavy (non-hydrogen) atoms. The highest BCUT2D eigenvalue weighted by atomic mass is 16.3. The molecule has 0 saturated carbocycles. The molecule has 0 N–H and O–H groups in total. The van der Waals surface area contributed by atoms with Gasteiger partial charge >= 0.3 is 0 Å². The Morgan fingerprint density at radius 2 is 0.930 bits per heavy atom. The second-order valence-corrected chi connectivity index (χ2v) is 14.3. The van der Waals surface area contributed by atoms with Crippen LogP contribution in [0.4, 0.5) is 0 Å². The third-order valence-electron chi connectivity index (χ3n) is 11.1. The van der Waals surface area contributed by atoms with Crippen molar-refractivity contribution >= 4 is 65.7 Å². The Morgan fingerprint density at radius 3 is 1.79 bits per heavy atom. The number of rotatable bonds is 5. The predicted octanol–water partition coefficient (Wildman–Crippen LogP) is 13.4. The number of hydrogen-bond acceptors (Lipinski definition) is 5. The van der Waals surface area contributed by atoms with E-state index in [0.29, 0.717) is 17.5 Å². The molecule has 0 atom stereocenters. The van der Waals surface area contributed by atoms with E-state index in [1.807, 2.05) is 60.7 Å². The summed E-state index contributed by atoms with van der Waals surface area (Å²) in [5, 5.41) is 6.48. The Bertz CT molecular complexity index is 3540. The molecule has 0 aliphatic rings. The van der Waals surface area contributed by atoms with Gasteiger partial charge in [-0.2, -0.15) is 0 Å². The lowest BCUT2D eigenvalue weighted by Gasteiger charge is -2.15. The molecule has 12 aromatic rings. The minimum Gasteiger partial charge on any atom is -0.456 e. The predicted molar refractivity (Wildman–Crippen MR) is 230 cm³/mol. The zero-order chi connectivity index (χ0) is 37.5. The smallest absolute Gasteiger partial charge is 0.167 e. The topological polar surface area (TPSA) is 69.9 Å². The number of para-hydroxylation sites is 5. The molecule has 4 aromatic heterocycles. The van der Waals surface area contributed by atoms with Gasteiger partial charge in [0, 0.05) is 43.4 Å². The van der Waals surface area contributed by atoms with E-state index in [9.17, 15) is 0 Å². The van der Waals surface area contributed by atoms with Gasteiger partial charge in [-0.3, -0.25) is 0 Å². The maximum absolute atomic E-state index is 6.53. The van der Waals surface area contributed by atoms with Crippen molar-refractivity contribution in [3.63, 3.8) is 0 Å². The van der Waals surface area contributed by atoms with Gasteiger partial charge in [0.1, 0.15) is 22.3 Å². The van der Waals surface area contributed by atoms with E-state index < -0.39 is 0 Å². The van der Waals surface area contributed by atoms with Gasteiger partial charge in [0.2, 0.25) is 0 Å². The highest BCUT2D eigenvalue weighted by Crippen LogP contribution is 2.41. The summed E-state index contributed by atoms with van der Waals surface area (Å²) in [6.45, 7) is 0. The minimum atomic E-state index is 0.528. The number of benzene rings is 8. The van der Waals surface area contributed by atoms with Gasteiger partial charge < -0.3 is 13.4 Å². The molecule has 0 amide bonds. The number of hydrogen-bond donors (Lipinski definition) is 0. The van der Waals surface area contributed by atoms with E-state index in [4.69, 9.17) is 23.8 Å². The second kappa shape index (κ2) is 12.3. The fraction of sp³-hybridized carbons (Fsp3) is 0. The Labute approximate surface area is 325 Å². The van der Waals surface area contributed by atoms with Crippen LogP contribution in [0.25, 0.3) is 117 Å². The highest BCUT2D eigenvalue weighted by Gasteiger charge is 2.22. The first-order valence-electron chi connectivity index (χ1n) is 19.0. The summed E-state index contributed by atoms with van der Waals surface area (Å²) in [6.07, 6.45) is 0. The lowest BCUT2D eigenvalue weighted by Crippen LogP contribution is -2.03. The van der Waals surface area contributed by atoms with Gasteiger partial charge in [0.05, 0.1) is 22.3 Å². The maximum Gasteiger partial charge on any atom is 0.167 e. The molecule has 0 radical (unpaired) electrons. The fourth-order valence-electron chi connectivity index (χ4n) is 8.53. The molecule has 0 aliphatic heterocycles. The zero-order valence-electron chi connectivity index (χ0n) is 30.4. The first-order valence-corrected chi connectivity index (χ1v) is 19.0. The monoisotopic (exact) mass is 730 g/mol. The van der Waals surface area contributed by atoms with Crippen LogP contribution in [-0.4, -0.2) is 19.5 Å². The standard InChI is InChI=1S/C51H30N4O2/c1-2-14-31(15-3-1)33-20-13-25-43-47(33)37-18-4-8-23-41(37)55(43)42-24-9-5-19-38(42)50-52-49(32-28-29-46-40(30-32)35-17-7-10-26-44(35)56-46)53-51(54-50)39-22-12-21-36-34-16-6-11-27-45(34)57-48(36)39/h1-30H. The molecule has 266 valence electrons. The van der Waals surface area contributed by atoms with E-state index >= 15 is 0 Å². The molecule has 0 spiro atoms. The number of furan rings is 2. The first kappa shape index (κ1) is 31.5. The van der Waals surface area contributed by atoms with E-state index in [2.05, 4.69) is 126 Å². The Hall–Kier alpha value is -7.83. The summed E-state index contributed by atoms with van der Waals surface area (Å²) in [4.78, 5) is 15.8. The molecule has 12 rings (SSSR count). The van der Waals surface area contributed by atoms with E-state index in [-0.39, 0.29) is 0 Å². The Morgan fingerprint density at radius 1 is 0.351 bits per heavy atom. The third-order valence-corrected chi connectivity index (χ3v) is 11.1. The number of nitrogens with zero attached hydrogens (tertiary/aromatic N) is 4.